The Bertz CT molecular complexity index is 1230. The van der Waals surface area contributed by atoms with Gasteiger partial charge in [0, 0.05) is 32.4 Å². The van der Waals surface area contributed by atoms with Crippen LogP contribution in [0.25, 0.3) is 22.8 Å². The average Bonchev–Trinajstić information content (AvgIpc) is 3.52. The van der Waals surface area contributed by atoms with Crippen molar-refractivity contribution < 1.29 is 9.32 Å². The molecule has 0 bridgehead atoms. The summed E-state index contributed by atoms with van der Waals surface area (Å²) in [6.07, 6.45) is 12.6. The lowest BCUT2D eigenvalue weighted by Crippen LogP contribution is -2.26. The molecule has 1 fully saturated rings. The molecule has 1 aliphatic carbocycles. The summed E-state index contributed by atoms with van der Waals surface area (Å²) in [7, 11) is 3.39. The fourth-order valence-corrected chi connectivity index (χ4v) is 2.80. The number of nitrogen functional groups attached to an aromatic ring is 1. The molecule has 4 heterocycles. The van der Waals surface area contributed by atoms with Gasteiger partial charge in [0.05, 0.1) is 29.8 Å². The second-order valence-electron chi connectivity index (χ2n) is 8.26. The molecule has 0 spiro atoms. The third-order valence-corrected chi connectivity index (χ3v) is 5.08. The Morgan fingerprint density at radius 3 is 2.47 bits per heavy atom. The number of nitrogens with zero attached hydrogens (tertiary/aromatic N) is 8. The van der Waals surface area contributed by atoms with Crippen LogP contribution >= 0.6 is 0 Å². The summed E-state index contributed by atoms with van der Waals surface area (Å²) in [4.78, 5) is 30.5. The number of carbonyl (C=O) groups excluding carboxylic acids is 1. The maximum Gasteiger partial charge on any atom is 0.261 e. The molecule has 0 aliphatic heterocycles. The van der Waals surface area contributed by atoms with Crippen LogP contribution < -0.4 is 5.73 Å². The zero-order valence-corrected chi connectivity index (χ0v) is 19.4. The van der Waals surface area contributed by atoms with Gasteiger partial charge in [-0.1, -0.05) is 37.4 Å². The van der Waals surface area contributed by atoms with Crippen molar-refractivity contribution in [3.05, 3.63) is 54.5 Å². The molecule has 1 atom stereocenters. The van der Waals surface area contributed by atoms with Gasteiger partial charge >= 0.3 is 0 Å². The van der Waals surface area contributed by atoms with Gasteiger partial charge in [-0.15, -0.1) is 0 Å². The number of aromatic nitrogens is 7. The summed E-state index contributed by atoms with van der Waals surface area (Å²) in [6, 6.07) is 3.80. The Labute approximate surface area is 197 Å². The van der Waals surface area contributed by atoms with Gasteiger partial charge in [-0.05, 0) is 11.6 Å². The van der Waals surface area contributed by atoms with Gasteiger partial charge in [-0.2, -0.15) is 10.1 Å². The highest BCUT2D eigenvalue weighted by Crippen LogP contribution is 2.25. The summed E-state index contributed by atoms with van der Waals surface area (Å²) in [6.45, 7) is 2.11. The lowest BCUT2D eigenvalue weighted by Gasteiger charge is -2.09. The van der Waals surface area contributed by atoms with Crippen LogP contribution in [0.2, 0.25) is 0 Å². The molecular weight excluding hydrogens is 434 g/mol. The van der Waals surface area contributed by atoms with Gasteiger partial charge in [0.15, 0.2) is 5.82 Å². The summed E-state index contributed by atoms with van der Waals surface area (Å²) >= 11 is 0. The number of pyridine rings is 1. The summed E-state index contributed by atoms with van der Waals surface area (Å²) in [5.41, 5.74) is 8.47. The monoisotopic (exact) mass is 461 g/mol. The van der Waals surface area contributed by atoms with E-state index in [0.717, 1.165) is 5.56 Å². The minimum absolute atomic E-state index is 0.0598. The fourth-order valence-electron chi connectivity index (χ4n) is 2.80. The first kappa shape index (κ1) is 23.0. The van der Waals surface area contributed by atoms with E-state index in [-0.39, 0.29) is 18.4 Å². The molecule has 1 amide bonds. The third kappa shape index (κ3) is 5.80. The maximum absolute atomic E-state index is 11.8. The molecule has 0 radical (unpaired) electrons. The summed E-state index contributed by atoms with van der Waals surface area (Å²) < 4.78 is 6.94. The van der Waals surface area contributed by atoms with E-state index in [1.165, 1.54) is 35.0 Å². The molecule has 1 aliphatic rings. The maximum atomic E-state index is 11.8. The first-order valence-electron chi connectivity index (χ1n) is 11.0. The standard InChI is InChI=1S/C20H21N9O2.C3H6/c1-12(13-4-5-15(22-6-13)16-8-24-17(21)9-23-16)19-26-20(31-27-19)14-7-25-29(10-14)11-18(30)28(2)3;1-2-3-1/h4-10,12H,11H2,1-3H3,(H2,21,24);1-3H2. The van der Waals surface area contributed by atoms with E-state index >= 15 is 0 Å². The van der Waals surface area contributed by atoms with E-state index in [9.17, 15) is 4.79 Å². The van der Waals surface area contributed by atoms with Crippen LogP contribution in [0, 0.1) is 0 Å². The molecule has 0 aromatic carbocycles. The molecule has 0 saturated heterocycles. The quantitative estimate of drug-likeness (QED) is 0.458. The van der Waals surface area contributed by atoms with Crippen LogP contribution in [0.5, 0.6) is 0 Å². The molecule has 34 heavy (non-hydrogen) atoms. The Kier molecular flexibility index (Phi) is 6.90. The molecule has 176 valence electrons. The highest BCUT2D eigenvalue weighted by atomic mass is 16.5. The Hall–Kier alpha value is -4.15. The van der Waals surface area contributed by atoms with E-state index in [1.807, 2.05) is 19.1 Å². The number of hydrogen-bond acceptors (Lipinski definition) is 9. The molecule has 4 aromatic heterocycles. The number of rotatable bonds is 6. The zero-order valence-electron chi connectivity index (χ0n) is 19.4. The Morgan fingerprint density at radius 1 is 1.09 bits per heavy atom. The van der Waals surface area contributed by atoms with Gasteiger partial charge < -0.3 is 15.2 Å². The van der Waals surface area contributed by atoms with Crippen molar-refractivity contribution in [2.24, 2.45) is 0 Å². The molecule has 1 unspecified atom stereocenters. The number of carbonyl (C=O) groups is 1. The Morgan fingerprint density at radius 2 is 1.85 bits per heavy atom. The highest BCUT2D eigenvalue weighted by molar-refractivity contribution is 5.75. The van der Waals surface area contributed by atoms with Gasteiger partial charge in [0.2, 0.25) is 5.91 Å². The van der Waals surface area contributed by atoms with Gasteiger partial charge in [0.25, 0.3) is 5.89 Å². The predicted molar refractivity (Wildman–Crippen MR) is 125 cm³/mol. The minimum Gasteiger partial charge on any atom is -0.382 e. The third-order valence-electron chi connectivity index (χ3n) is 5.08. The van der Waals surface area contributed by atoms with Crippen molar-refractivity contribution in [3.8, 4) is 22.8 Å². The van der Waals surface area contributed by atoms with Crippen molar-refractivity contribution in [1.29, 1.82) is 0 Å². The van der Waals surface area contributed by atoms with Crippen LogP contribution in [-0.4, -0.2) is 59.8 Å². The normalized spacial score (nSPS) is 13.0. The first-order chi connectivity index (χ1) is 16.4. The smallest absolute Gasteiger partial charge is 0.261 e. The lowest BCUT2D eigenvalue weighted by molar-refractivity contribution is -0.129. The topological polar surface area (TPSA) is 142 Å². The minimum atomic E-state index is -0.137. The van der Waals surface area contributed by atoms with Crippen molar-refractivity contribution in [3.63, 3.8) is 0 Å². The van der Waals surface area contributed by atoms with E-state index in [2.05, 4.69) is 30.2 Å². The van der Waals surface area contributed by atoms with Gasteiger partial charge in [-0.25, -0.2) is 9.97 Å². The zero-order chi connectivity index (χ0) is 24.1. The summed E-state index contributed by atoms with van der Waals surface area (Å²) in [5, 5.41) is 8.28. The van der Waals surface area contributed by atoms with Crippen LogP contribution in [0.1, 0.15) is 43.5 Å². The number of likely N-dealkylation sites (N-methyl/N-ethyl adjacent to an activating group) is 1. The van der Waals surface area contributed by atoms with Crippen LogP contribution in [0.4, 0.5) is 5.82 Å². The van der Waals surface area contributed by atoms with Crippen molar-refractivity contribution in [2.75, 3.05) is 19.8 Å². The van der Waals surface area contributed by atoms with Crippen molar-refractivity contribution in [2.45, 2.75) is 38.6 Å². The molecule has 11 nitrogen and oxygen atoms in total. The van der Waals surface area contributed by atoms with E-state index < -0.39 is 0 Å². The largest absolute Gasteiger partial charge is 0.382 e. The van der Waals surface area contributed by atoms with Crippen LogP contribution in [0.3, 0.4) is 0 Å². The van der Waals surface area contributed by atoms with Gasteiger partial charge in [0.1, 0.15) is 18.1 Å². The number of hydrogen-bond donors (Lipinski definition) is 1. The number of anilines is 1. The molecule has 5 rings (SSSR count). The number of nitrogens with two attached hydrogens (primary N) is 1. The second kappa shape index (κ2) is 10.2. The molecule has 1 saturated carbocycles. The SMILES string of the molecule is C1CC1.CC(c1ccc(-c2cnc(N)cn2)nc1)c1noc(-c2cnn(CC(=O)N(C)C)c2)n1. The first-order valence-corrected chi connectivity index (χ1v) is 11.0. The van der Waals surface area contributed by atoms with Crippen LogP contribution in [-0.2, 0) is 11.3 Å². The molecule has 2 N–H and O–H groups in total. The molecular formula is C23H27N9O2. The van der Waals surface area contributed by atoms with Crippen molar-refractivity contribution in [1.82, 2.24) is 39.8 Å². The van der Waals surface area contributed by atoms with E-state index in [0.29, 0.717) is 34.5 Å². The highest BCUT2D eigenvalue weighted by Gasteiger charge is 2.19. The lowest BCUT2D eigenvalue weighted by atomic mass is 10.0. The predicted octanol–water partition coefficient (Wildman–Crippen LogP) is 2.78. The van der Waals surface area contributed by atoms with Gasteiger partial charge in [-0.3, -0.25) is 14.5 Å². The second-order valence-corrected chi connectivity index (χ2v) is 8.26. The summed E-state index contributed by atoms with van der Waals surface area (Å²) in [5.74, 6) is 1.02. The average molecular weight is 462 g/mol. The molecule has 11 heteroatoms. The Balaban J connectivity index is 0.000000846. The van der Waals surface area contributed by atoms with Crippen LogP contribution in [0.15, 0.2) is 47.6 Å². The van der Waals surface area contributed by atoms with E-state index in [4.69, 9.17) is 10.3 Å². The molecule has 4 aromatic rings. The van der Waals surface area contributed by atoms with E-state index in [1.54, 1.807) is 38.9 Å². The fraction of sp³-hybridized carbons (Fsp3) is 0.348. The van der Waals surface area contributed by atoms with Crippen molar-refractivity contribution >= 4 is 11.7 Å². The number of amides is 1.